The van der Waals surface area contributed by atoms with Gasteiger partial charge in [0.05, 0.1) is 11.6 Å². The second-order valence-corrected chi connectivity index (χ2v) is 4.75. The summed E-state index contributed by atoms with van der Waals surface area (Å²) in [5.74, 6) is -0.923. The summed E-state index contributed by atoms with van der Waals surface area (Å²) in [5, 5.41) is 11.4. The van der Waals surface area contributed by atoms with Gasteiger partial charge in [0.1, 0.15) is 0 Å². The first-order chi connectivity index (χ1) is 11.4. The molecule has 0 aliphatic rings. The van der Waals surface area contributed by atoms with Crippen LogP contribution in [-0.4, -0.2) is 23.7 Å². The van der Waals surface area contributed by atoms with Crippen molar-refractivity contribution in [3.05, 3.63) is 59.4 Å². The van der Waals surface area contributed by atoms with Crippen LogP contribution in [0.5, 0.6) is 5.75 Å². The van der Waals surface area contributed by atoms with E-state index in [2.05, 4.69) is 15.0 Å². The summed E-state index contributed by atoms with van der Waals surface area (Å²) in [7, 11) is 0. The third-order valence-corrected chi connectivity index (χ3v) is 2.89. The molecule has 1 heterocycles. The Morgan fingerprint density at radius 1 is 1.29 bits per heavy atom. The average molecular weight is 335 g/mol. The summed E-state index contributed by atoms with van der Waals surface area (Å²) >= 11 is 0. The number of hydrogen-bond donors (Lipinski definition) is 1. The number of pyridine rings is 1. The van der Waals surface area contributed by atoms with Gasteiger partial charge in [0.25, 0.3) is 5.91 Å². The summed E-state index contributed by atoms with van der Waals surface area (Å²) in [5.41, 5.74) is 0.878. The number of hydrogen-bond acceptors (Lipinski definition) is 4. The quantitative estimate of drug-likeness (QED) is 0.912. The number of nitrogens with one attached hydrogen (secondary N) is 1. The molecule has 8 heteroatoms. The highest BCUT2D eigenvalue weighted by Gasteiger charge is 2.29. The highest BCUT2D eigenvalue weighted by atomic mass is 19.4. The molecule has 1 N–H and O–H groups in total. The molecule has 1 aromatic heterocycles. The Balaban J connectivity index is 2.05. The van der Waals surface area contributed by atoms with E-state index in [-0.39, 0.29) is 18.0 Å². The maximum Gasteiger partial charge on any atom is 0.422 e. The van der Waals surface area contributed by atoms with Crippen molar-refractivity contribution in [2.45, 2.75) is 12.7 Å². The minimum absolute atomic E-state index is 0.101. The molecule has 0 bridgehead atoms. The Morgan fingerprint density at radius 3 is 2.79 bits per heavy atom. The Kier molecular flexibility index (Phi) is 5.37. The maximum absolute atomic E-state index is 12.2. The molecule has 0 unspecified atom stereocenters. The molecular weight excluding hydrogens is 323 g/mol. The predicted octanol–water partition coefficient (Wildman–Crippen LogP) is 2.82. The number of aromatic nitrogens is 1. The second-order valence-electron chi connectivity index (χ2n) is 4.75. The van der Waals surface area contributed by atoms with E-state index in [0.717, 1.165) is 0 Å². The molecule has 24 heavy (non-hydrogen) atoms. The van der Waals surface area contributed by atoms with Gasteiger partial charge in [0.2, 0.25) is 0 Å². The molecule has 0 saturated heterocycles. The van der Waals surface area contributed by atoms with E-state index in [1.54, 1.807) is 24.3 Å². The van der Waals surface area contributed by atoms with Crippen LogP contribution in [-0.2, 0) is 6.54 Å². The van der Waals surface area contributed by atoms with Gasteiger partial charge in [0.15, 0.2) is 18.1 Å². The van der Waals surface area contributed by atoms with Gasteiger partial charge >= 0.3 is 6.18 Å². The lowest BCUT2D eigenvalue weighted by Crippen LogP contribution is -2.26. The molecule has 1 amide bonds. The topological polar surface area (TPSA) is 75.0 Å². The first-order valence-corrected chi connectivity index (χ1v) is 6.81. The molecule has 0 aliphatic carbocycles. The lowest BCUT2D eigenvalue weighted by molar-refractivity contribution is -0.153. The number of nitriles is 1. The zero-order valence-corrected chi connectivity index (χ0v) is 12.3. The number of amides is 1. The van der Waals surface area contributed by atoms with Crippen LogP contribution in [0.2, 0.25) is 0 Å². The number of ether oxygens (including phenoxy) is 1. The van der Waals surface area contributed by atoms with Crippen LogP contribution in [0, 0.1) is 11.3 Å². The molecular formula is C16H12F3N3O2. The van der Waals surface area contributed by atoms with Gasteiger partial charge in [-0.05, 0) is 29.8 Å². The third kappa shape index (κ3) is 4.98. The lowest BCUT2D eigenvalue weighted by atomic mass is 10.1. The van der Waals surface area contributed by atoms with Crippen molar-refractivity contribution in [3.63, 3.8) is 0 Å². The van der Waals surface area contributed by atoms with Crippen LogP contribution in [0.4, 0.5) is 13.2 Å². The summed E-state index contributed by atoms with van der Waals surface area (Å²) < 4.78 is 41.3. The normalized spacial score (nSPS) is 10.8. The van der Waals surface area contributed by atoms with Gasteiger partial charge in [-0.15, -0.1) is 0 Å². The van der Waals surface area contributed by atoms with Crippen molar-refractivity contribution < 1.29 is 22.7 Å². The fraction of sp³-hybridized carbons (Fsp3) is 0.188. The Labute approximate surface area is 135 Å². The van der Waals surface area contributed by atoms with Gasteiger partial charge in [-0.2, -0.15) is 18.4 Å². The first-order valence-electron chi connectivity index (χ1n) is 6.81. The summed E-state index contributed by atoms with van der Waals surface area (Å²) in [6, 6.07) is 11.2. The minimum atomic E-state index is -4.51. The van der Waals surface area contributed by atoms with Gasteiger partial charge in [-0.3, -0.25) is 4.79 Å². The van der Waals surface area contributed by atoms with E-state index in [1.807, 2.05) is 6.07 Å². The Bertz CT molecular complexity index is 770. The monoisotopic (exact) mass is 335 g/mol. The average Bonchev–Trinajstić information content (AvgIpc) is 2.57. The number of alkyl halides is 3. The minimum Gasteiger partial charge on any atom is -0.482 e. The fourth-order valence-electron chi connectivity index (χ4n) is 1.85. The molecule has 124 valence electrons. The van der Waals surface area contributed by atoms with Crippen molar-refractivity contribution in [3.8, 4) is 11.8 Å². The zero-order chi connectivity index (χ0) is 17.6. The number of carbonyl (C=O) groups is 1. The molecule has 0 aliphatic heterocycles. The summed E-state index contributed by atoms with van der Waals surface area (Å²) in [6.07, 6.45) is -3.23. The standard InChI is InChI=1S/C16H12F3N3O2/c17-16(18,19)10-24-13-5-2-6-21-14(13)15(23)22-9-12-4-1-3-11(7-12)8-20/h1-7H,9-10H2,(H,22,23). The van der Waals surface area contributed by atoms with E-state index in [9.17, 15) is 18.0 Å². The molecule has 0 atom stereocenters. The van der Waals surface area contributed by atoms with Crippen LogP contribution in [0.1, 0.15) is 21.6 Å². The smallest absolute Gasteiger partial charge is 0.422 e. The molecule has 0 fully saturated rings. The molecule has 0 radical (unpaired) electrons. The van der Waals surface area contributed by atoms with Crippen LogP contribution < -0.4 is 10.1 Å². The van der Waals surface area contributed by atoms with Gasteiger partial charge < -0.3 is 10.1 Å². The first kappa shape index (κ1) is 17.3. The van der Waals surface area contributed by atoms with Crippen LogP contribution >= 0.6 is 0 Å². The zero-order valence-electron chi connectivity index (χ0n) is 12.3. The van der Waals surface area contributed by atoms with Crippen LogP contribution in [0.3, 0.4) is 0 Å². The largest absolute Gasteiger partial charge is 0.482 e. The number of rotatable bonds is 5. The predicted molar refractivity (Wildman–Crippen MR) is 78.1 cm³/mol. The number of halogens is 3. The fourth-order valence-corrected chi connectivity index (χ4v) is 1.85. The van der Waals surface area contributed by atoms with E-state index in [4.69, 9.17) is 5.26 Å². The van der Waals surface area contributed by atoms with Gasteiger partial charge in [0, 0.05) is 12.7 Å². The number of benzene rings is 1. The molecule has 1 aromatic carbocycles. The van der Waals surface area contributed by atoms with Crippen molar-refractivity contribution in [2.75, 3.05) is 6.61 Å². The lowest BCUT2D eigenvalue weighted by Gasteiger charge is -2.12. The Hall–Kier alpha value is -3.08. The summed E-state index contributed by atoms with van der Waals surface area (Å²) in [4.78, 5) is 15.9. The molecule has 0 spiro atoms. The van der Waals surface area contributed by atoms with Crippen molar-refractivity contribution in [1.29, 1.82) is 5.26 Å². The molecule has 5 nitrogen and oxygen atoms in total. The van der Waals surface area contributed by atoms with E-state index in [1.165, 1.54) is 18.3 Å². The highest BCUT2D eigenvalue weighted by molar-refractivity contribution is 5.94. The molecule has 0 saturated carbocycles. The summed E-state index contributed by atoms with van der Waals surface area (Å²) in [6.45, 7) is -1.41. The van der Waals surface area contributed by atoms with Crippen molar-refractivity contribution in [1.82, 2.24) is 10.3 Å². The van der Waals surface area contributed by atoms with Gasteiger partial charge in [-0.25, -0.2) is 4.98 Å². The van der Waals surface area contributed by atoms with Crippen LogP contribution in [0.15, 0.2) is 42.6 Å². The molecule has 2 aromatic rings. The third-order valence-electron chi connectivity index (χ3n) is 2.89. The van der Waals surface area contributed by atoms with Crippen LogP contribution in [0.25, 0.3) is 0 Å². The number of carbonyl (C=O) groups excluding carboxylic acids is 1. The van der Waals surface area contributed by atoms with E-state index in [0.29, 0.717) is 11.1 Å². The second kappa shape index (κ2) is 7.46. The van der Waals surface area contributed by atoms with Crippen molar-refractivity contribution >= 4 is 5.91 Å². The van der Waals surface area contributed by atoms with Gasteiger partial charge in [-0.1, -0.05) is 12.1 Å². The number of nitrogens with zero attached hydrogens (tertiary/aromatic N) is 2. The van der Waals surface area contributed by atoms with E-state index < -0.39 is 18.7 Å². The maximum atomic E-state index is 12.2. The van der Waals surface area contributed by atoms with E-state index >= 15 is 0 Å². The highest BCUT2D eigenvalue weighted by Crippen LogP contribution is 2.20. The SMILES string of the molecule is N#Cc1cccc(CNC(=O)c2ncccc2OCC(F)(F)F)c1. The Morgan fingerprint density at radius 2 is 2.08 bits per heavy atom. The van der Waals surface area contributed by atoms with Crippen molar-refractivity contribution in [2.24, 2.45) is 0 Å². The molecule has 2 rings (SSSR count).